The average molecular weight is 381 g/mol. The van der Waals surface area contributed by atoms with Crippen molar-refractivity contribution >= 4 is 21.6 Å². The summed E-state index contributed by atoms with van der Waals surface area (Å²) in [7, 11) is -3.63. The first-order valence-corrected chi connectivity index (χ1v) is 9.58. The largest absolute Gasteiger partial charge is 0.321 e. The fourth-order valence-corrected chi connectivity index (χ4v) is 4.13. The number of sulfonamides is 1. The van der Waals surface area contributed by atoms with Crippen LogP contribution in [0.4, 0.5) is 14.5 Å². The summed E-state index contributed by atoms with van der Waals surface area (Å²) in [6.45, 7) is 0. The number of anilines is 1. The van der Waals surface area contributed by atoms with E-state index in [0.29, 0.717) is 6.07 Å². The van der Waals surface area contributed by atoms with Gasteiger partial charge in [0.2, 0.25) is 10.0 Å². The maximum Gasteiger partial charge on any atom is 0.277 e. The molecule has 138 valence electrons. The molecule has 6 nitrogen and oxygen atoms in total. The number of carbonyl (C=O) groups is 1. The summed E-state index contributed by atoms with van der Waals surface area (Å²) >= 11 is 0. The Balaban J connectivity index is 1.70. The summed E-state index contributed by atoms with van der Waals surface area (Å²) in [5.41, 5.74) is -0.286. The SMILES string of the molecule is O=C(Nc1ccc(S(=O)(=O)NC2CCCC2)cc1)c1ncc(F)cc1F. The summed E-state index contributed by atoms with van der Waals surface area (Å²) in [5.74, 6) is -2.83. The molecule has 1 aromatic heterocycles. The number of aromatic nitrogens is 1. The smallest absolute Gasteiger partial charge is 0.277 e. The minimum absolute atomic E-state index is 0.0492. The van der Waals surface area contributed by atoms with Crippen LogP contribution in [0.5, 0.6) is 0 Å². The van der Waals surface area contributed by atoms with Crippen molar-refractivity contribution in [1.29, 1.82) is 0 Å². The van der Waals surface area contributed by atoms with Gasteiger partial charge in [-0.1, -0.05) is 12.8 Å². The Hall–Kier alpha value is -2.39. The summed E-state index contributed by atoms with van der Waals surface area (Å²) in [5, 5.41) is 2.39. The van der Waals surface area contributed by atoms with Crippen LogP contribution in [-0.4, -0.2) is 25.4 Å². The Labute approximate surface area is 149 Å². The Morgan fingerprint density at radius 1 is 1.12 bits per heavy atom. The molecular formula is C17H17F2N3O3S. The summed E-state index contributed by atoms with van der Waals surface area (Å²) in [4.78, 5) is 15.5. The van der Waals surface area contributed by atoms with Gasteiger partial charge in [-0.05, 0) is 37.1 Å². The van der Waals surface area contributed by atoms with E-state index in [9.17, 15) is 22.0 Å². The second kappa shape index (κ2) is 7.46. The van der Waals surface area contributed by atoms with Gasteiger partial charge < -0.3 is 5.32 Å². The van der Waals surface area contributed by atoms with Gasteiger partial charge in [0.1, 0.15) is 5.82 Å². The third kappa shape index (κ3) is 4.23. The van der Waals surface area contributed by atoms with Crippen molar-refractivity contribution in [2.45, 2.75) is 36.6 Å². The summed E-state index contributed by atoms with van der Waals surface area (Å²) < 4.78 is 53.7. The lowest BCUT2D eigenvalue weighted by Gasteiger charge is -2.13. The van der Waals surface area contributed by atoms with Gasteiger partial charge in [-0.15, -0.1) is 0 Å². The van der Waals surface area contributed by atoms with Crippen molar-refractivity contribution in [2.24, 2.45) is 0 Å². The van der Waals surface area contributed by atoms with Gasteiger partial charge in [-0.3, -0.25) is 4.79 Å². The fraction of sp³-hybridized carbons (Fsp3) is 0.294. The van der Waals surface area contributed by atoms with Crippen molar-refractivity contribution in [2.75, 3.05) is 5.32 Å². The number of carbonyl (C=O) groups excluding carboxylic acids is 1. The Morgan fingerprint density at radius 2 is 1.77 bits per heavy atom. The van der Waals surface area contributed by atoms with Crippen LogP contribution in [0, 0.1) is 11.6 Å². The highest BCUT2D eigenvalue weighted by atomic mass is 32.2. The molecule has 0 atom stereocenters. The number of rotatable bonds is 5. The molecule has 1 fully saturated rings. The molecule has 1 saturated carbocycles. The third-order valence-electron chi connectivity index (χ3n) is 4.12. The molecule has 1 amide bonds. The van der Waals surface area contributed by atoms with E-state index in [1.165, 1.54) is 24.3 Å². The zero-order valence-corrected chi connectivity index (χ0v) is 14.5. The lowest BCUT2D eigenvalue weighted by Crippen LogP contribution is -2.32. The first kappa shape index (κ1) is 18.4. The number of nitrogens with one attached hydrogen (secondary N) is 2. The first-order chi connectivity index (χ1) is 12.3. The van der Waals surface area contributed by atoms with Gasteiger partial charge in [0.25, 0.3) is 5.91 Å². The number of nitrogens with zero attached hydrogens (tertiary/aromatic N) is 1. The van der Waals surface area contributed by atoms with Crippen LogP contribution in [-0.2, 0) is 10.0 Å². The molecule has 1 aromatic carbocycles. The summed E-state index contributed by atoms with van der Waals surface area (Å²) in [6, 6.07) is 5.99. The van der Waals surface area contributed by atoms with Gasteiger partial charge in [0.15, 0.2) is 11.5 Å². The van der Waals surface area contributed by atoms with E-state index in [1.807, 2.05) is 0 Å². The molecule has 0 bridgehead atoms. The van der Waals surface area contributed by atoms with Gasteiger partial charge in [-0.25, -0.2) is 26.9 Å². The lowest BCUT2D eigenvalue weighted by atomic mass is 10.3. The highest BCUT2D eigenvalue weighted by molar-refractivity contribution is 7.89. The molecule has 0 unspecified atom stereocenters. The third-order valence-corrected chi connectivity index (χ3v) is 5.66. The molecule has 0 spiro atoms. The molecule has 2 N–H and O–H groups in total. The second-order valence-electron chi connectivity index (χ2n) is 6.07. The molecule has 9 heteroatoms. The minimum Gasteiger partial charge on any atom is -0.321 e. The van der Waals surface area contributed by atoms with Crippen molar-refractivity contribution in [3.8, 4) is 0 Å². The van der Waals surface area contributed by atoms with E-state index in [1.54, 1.807) is 0 Å². The molecule has 1 heterocycles. The topological polar surface area (TPSA) is 88.2 Å². The van der Waals surface area contributed by atoms with Crippen LogP contribution in [0.1, 0.15) is 36.2 Å². The molecule has 1 aliphatic rings. The van der Waals surface area contributed by atoms with E-state index < -0.39 is 33.3 Å². The molecule has 26 heavy (non-hydrogen) atoms. The van der Waals surface area contributed by atoms with Crippen molar-refractivity contribution in [3.63, 3.8) is 0 Å². The first-order valence-electron chi connectivity index (χ1n) is 8.10. The van der Waals surface area contributed by atoms with E-state index in [0.717, 1.165) is 31.9 Å². The molecule has 0 aliphatic heterocycles. The molecule has 0 radical (unpaired) electrons. The maximum absolute atomic E-state index is 13.6. The highest BCUT2D eigenvalue weighted by Crippen LogP contribution is 2.21. The number of hydrogen-bond acceptors (Lipinski definition) is 4. The number of pyridine rings is 1. The van der Waals surface area contributed by atoms with E-state index in [2.05, 4.69) is 15.0 Å². The van der Waals surface area contributed by atoms with E-state index in [4.69, 9.17) is 0 Å². The predicted octanol–water partition coefficient (Wildman–Crippen LogP) is 2.83. The fourth-order valence-electron chi connectivity index (χ4n) is 2.82. The van der Waals surface area contributed by atoms with E-state index >= 15 is 0 Å². The van der Waals surface area contributed by atoms with E-state index in [-0.39, 0.29) is 16.6 Å². The lowest BCUT2D eigenvalue weighted by molar-refractivity contribution is 0.101. The number of benzene rings is 1. The van der Waals surface area contributed by atoms with Crippen molar-refractivity contribution in [1.82, 2.24) is 9.71 Å². The molecule has 3 rings (SSSR count). The number of hydrogen-bond donors (Lipinski definition) is 2. The van der Waals surface area contributed by atoms with Crippen LogP contribution >= 0.6 is 0 Å². The second-order valence-corrected chi connectivity index (χ2v) is 7.78. The Morgan fingerprint density at radius 3 is 2.38 bits per heavy atom. The highest BCUT2D eigenvalue weighted by Gasteiger charge is 2.23. The van der Waals surface area contributed by atoms with Crippen LogP contribution in [0.3, 0.4) is 0 Å². The quantitative estimate of drug-likeness (QED) is 0.834. The van der Waals surface area contributed by atoms with Crippen LogP contribution in [0.2, 0.25) is 0 Å². The van der Waals surface area contributed by atoms with Crippen LogP contribution in [0.25, 0.3) is 0 Å². The average Bonchev–Trinajstić information content (AvgIpc) is 3.07. The van der Waals surface area contributed by atoms with Gasteiger partial charge >= 0.3 is 0 Å². The number of amides is 1. The zero-order chi connectivity index (χ0) is 18.7. The molecule has 0 saturated heterocycles. The van der Waals surface area contributed by atoms with Crippen LogP contribution in [0.15, 0.2) is 41.4 Å². The standard InChI is InChI=1S/C17H17F2N3O3S/c18-11-9-15(19)16(20-10-11)17(23)21-12-5-7-14(8-6-12)26(24,25)22-13-3-1-2-4-13/h5-10,13,22H,1-4H2,(H,21,23). The zero-order valence-electron chi connectivity index (χ0n) is 13.7. The minimum atomic E-state index is -3.63. The van der Waals surface area contributed by atoms with Crippen LogP contribution < -0.4 is 10.0 Å². The monoisotopic (exact) mass is 381 g/mol. The van der Waals surface area contributed by atoms with Crippen molar-refractivity contribution < 1.29 is 22.0 Å². The van der Waals surface area contributed by atoms with Gasteiger partial charge in [0, 0.05) is 17.8 Å². The molecule has 1 aliphatic carbocycles. The Bertz CT molecular complexity index is 911. The van der Waals surface area contributed by atoms with Gasteiger partial charge in [-0.2, -0.15) is 0 Å². The maximum atomic E-state index is 13.6. The van der Waals surface area contributed by atoms with Gasteiger partial charge in [0.05, 0.1) is 11.1 Å². The summed E-state index contributed by atoms with van der Waals surface area (Å²) in [6.07, 6.45) is 4.40. The molecular weight excluding hydrogens is 364 g/mol. The molecule has 2 aromatic rings. The normalized spacial score (nSPS) is 15.2. The Kier molecular flexibility index (Phi) is 5.28. The number of halogens is 2. The predicted molar refractivity (Wildman–Crippen MR) is 91.1 cm³/mol. The van der Waals surface area contributed by atoms with Crippen molar-refractivity contribution in [3.05, 3.63) is 53.9 Å².